The summed E-state index contributed by atoms with van der Waals surface area (Å²) in [6, 6.07) is 0. The Labute approximate surface area is 89.1 Å². The van der Waals surface area contributed by atoms with Gasteiger partial charge in [-0.05, 0) is 43.6 Å². The van der Waals surface area contributed by atoms with Crippen LogP contribution >= 0.6 is 0 Å². The molecule has 0 aromatic carbocycles. The lowest BCUT2D eigenvalue weighted by Crippen LogP contribution is -2.13. The summed E-state index contributed by atoms with van der Waals surface area (Å²) in [7, 11) is 0. The monoisotopic (exact) mass is 192 g/mol. The lowest BCUT2D eigenvalue weighted by atomic mass is 9.79. The molecule has 0 aromatic heterocycles. The Bertz CT molecular complexity index is 202. The van der Waals surface area contributed by atoms with Gasteiger partial charge in [-0.15, -0.1) is 0 Å². The SMILES string of the molecule is C/C=C(\C=C/CC)C1CCC(C)CC1. The van der Waals surface area contributed by atoms with E-state index in [-0.39, 0.29) is 0 Å². The van der Waals surface area contributed by atoms with Crippen molar-refractivity contribution in [2.75, 3.05) is 0 Å². The van der Waals surface area contributed by atoms with Crippen molar-refractivity contribution in [3.63, 3.8) is 0 Å². The van der Waals surface area contributed by atoms with Gasteiger partial charge in [0.2, 0.25) is 0 Å². The molecule has 0 heterocycles. The molecule has 1 aliphatic carbocycles. The predicted molar refractivity (Wildman–Crippen MR) is 64.3 cm³/mol. The van der Waals surface area contributed by atoms with Gasteiger partial charge in [-0.3, -0.25) is 0 Å². The van der Waals surface area contributed by atoms with Crippen LogP contribution in [0.2, 0.25) is 0 Å². The summed E-state index contributed by atoms with van der Waals surface area (Å²) in [4.78, 5) is 0. The van der Waals surface area contributed by atoms with Crippen LogP contribution in [0.1, 0.15) is 52.9 Å². The van der Waals surface area contributed by atoms with E-state index in [0.29, 0.717) is 0 Å². The van der Waals surface area contributed by atoms with Crippen LogP contribution in [-0.4, -0.2) is 0 Å². The number of rotatable bonds is 3. The Balaban J connectivity index is 2.50. The zero-order valence-corrected chi connectivity index (χ0v) is 9.92. The molecule has 0 nitrogen and oxygen atoms in total. The van der Waals surface area contributed by atoms with Gasteiger partial charge >= 0.3 is 0 Å². The summed E-state index contributed by atoms with van der Waals surface area (Å²) in [5, 5.41) is 0. The molecule has 0 spiro atoms. The average Bonchev–Trinajstić information content (AvgIpc) is 2.21. The summed E-state index contributed by atoms with van der Waals surface area (Å²) in [6.07, 6.45) is 13.7. The van der Waals surface area contributed by atoms with Crippen molar-refractivity contribution in [1.82, 2.24) is 0 Å². The van der Waals surface area contributed by atoms with Crippen LogP contribution in [0.25, 0.3) is 0 Å². The van der Waals surface area contributed by atoms with Gasteiger partial charge < -0.3 is 0 Å². The third-order valence-electron chi connectivity index (χ3n) is 3.37. The molecule has 0 radical (unpaired) electrons. The first kappa shape index (κ1) is 11.6. The van der Waals surface area contributed by atoms with Gasteiger partial charge in [-0.2, -0.15) is 0 Å². The van der Waals surface area contributed by atoms with Crippen LogP contribution in [0.4, 0.5) is 0 Å². The molecule has 1 rings (SSSR count). The highest BCUT2D eigenvalue weighted by molar-refractivity contribution is 5.21. The Hall–Kier alpha value is -0.520. The van der Waals surface area contributed by atoms with E-state index in [1.165, 1.54) is 25.7 Å². The van der Waals surface area contributed by atoms with Crippen molar-refractivity contribution < 1.29 is 0 Å². The maximum Gasteiger partial charge on any atom is -0.0165 e. The van der Waals surface area contributed by atoms with Gasteiger partial charge in [0.05, 0.1) is 0 Å². The summed E-state index contributed by atoms with van der Waals surface area (Å²) >= 11 is 0. The van der Waals surface area contributed by atoms with E-state index in [1.807, 2.05) is 0 Å². The van der Waals surface area contributed by atoms with E-state index in [9.17, 15) is 0 Å². The Morgan fingerprint density at radius 3 is 2.36 bits per heavy atom. The first-order valence-electron chi connectivity index (χ1n) is 6.10. The highest BCUT2D eigenvalue weighted by Gasteiger charge is 2.19. The fraction of sp³-hybridized carbons (Fsp3) is 0.714. The predicted octanol–water partition coefficient (Wildman–Crippen LogP) is 4.73. The molecule has 0 heteroatoms. The van der Waals surface area contributed by atoms with E-state index in [4.69, 9.17) is 0 Å². The Kier molecular flexibility index (Phi) is 5.00. The fourth-order valence-corrected chi connectivity index (χ4v) is 2.32. The molecule has 0 saturated heterocycles. The second kappa shape index (κ2) is 6.06. The minimum absolute atomic E-state index is 0.846. The topological polar surface area (TPSA) is 0 Å². The molecule has 0 unspecified atom stereocenters. The van der Waals surface area contributed by atoms with Crippen LogP contribution in [0, 0.1) is 11.8 Å². The van der Waals surface area contributed by atoms with Gasteiger partial charge in [0.15, 0.2) is 0 Å². The molecular weight excluding hydrogens is 168 g/mol. The zero-order valence-electron chi connectivity index (χ0n) is 9.92. The van der Waals surface area contributed by atoms with Crippen molar-refractivity contribution in [1.29, 1.82) is 0 Å². The van der Waals surface area contributed by atoms with Gasteiger partial charge in [-0.1, -0.05) is 44.9 Å². The molecule has 0 bridgehead atoms. The number of hydrogen-bond donors (Lipinski definition) is 0. The first-order chi connectivity index (χ1) is 6.77. The Morgan fingerprint density at radius 1 is 1.21 bits per heavy atom. The van der Waals surface area contributed by atoms with E-state index in [1.54, 1.807) is 5.57 Å². The van der Waals surface area contributed by atoms with Gasteiger partial charge in [0.25, 0.3) is 0 Å². The highest BCUT2D eigenvalue weighted by atomic mass is 14.2. The molecule has 1 saturated carbocycles. The minimum Gasteiger partial charge on any atom is -0.0845 e. The van der Waals surface area contributed by atoms with Gasteiger partial charge in [0, 0.05) is 0 Å². The molecule has 0 amide bonds. The van der Waals surface area contributed by atoms with E-state index >= 15 is 0 Å². The smallest absolute Gasteiger partial charge is 0.0165 e. The second-order valence-corrected chi connectivity index (χ2v) is 4.56. The van der Waals surface area contributed by atoms with E-state index in [2.05, 4.69) is 39.0 Å². The third-order valence-corrected chi connectivity index (χ3v) is 3.37. The molecule has 0 aliphatic heterocycles. The third kappa shape index (κ3) is 3.32. The van der Waals surface area contributed by atoms with Crippen molar-refractivity contribution in [3.05, 3.63) is 23.8 Å². The Morgan fingerprint density at radius 2 is 1.86 bits per heavy atom. The largest absolute Gasteiger partial charge is 0.0845 e. The molecular formula is C14H24. The minimum atomic E-state index is 0.846. The van der Waals surface area contributed by atoms with Crippen molar-refractivity contribution in [2.24, 2.45) is 11.8 Å². The van der Waals surface area contributed by atoms with Crippen LogP contribution in [-0.2, 0) is 0 Å². The maximum absolute atomic E-state index is 2.38. The normalized spacial score (nSPS) is 29.8. The summed E-state index contributed by atoms with van der Waals surface area (Å²) in [6.45, 7) is 6.76. The van der Waals surface area contributed by atoms with Crippen LogP contribution in [0.15, 0.2) is 23.8 Å². The fourth-order valence-electron chi connectivity index (χ4n) is 2.32. The van der Waals surface area contributed by atoms with Crippen LogP contribution in [0.3, 0.4) is 0 Å². The van der Waals surface area contributed by atoms with Gasteiger partial charge in [0.1, 0.15) is 0 Å². The molecule has 0 aromatic rings. The average molecular weight is 192 g/mol. The van der Waals surface area contributed by atoms with E-state index in [0.717, 1.165) is 18.3 Å². The van der Waals surface area contributed by atoms with Gasteiger partial charge in [-0.25, -0.2) is 0 Å². The standard InChI is InChI=1S/C14H24/c1-4-6-7-13(5-2)14-10-8-12(3)9-11-14/h5-7,12,14H,4,8-11H2,1-3H3/b7-6-,13-5+. The first-order valence-corrected chi connectivity index (χ1v) is 6.10. The number of allylic oxidation sites excluding steroid dienone is 4. The van der Waals surface area contributed by atoms with Crippen molar-refractivity contribution in [2.45, 2.75) is 52.9 Å². The second-order valence-electron chi connectivity index (χ2n) is 4.56. The molecule has 1 aliphatic rings. The molecule has 0 N–H and O–H groups in total. The molecule has 0 atom stereocenters. The lowest BCUT2D eigenvalue weighted by Gasteiger charge is -2.27. The maximum atomic E-state index is 2.38. The molecule has 80 valence electrons. The molecule has 1 fully saturated rings. The van der Waals surface area contributed by atoms with Crippen molar-refractivity contribution in [3.8, 4) is 0 Å². The number of hydrogen-bond acceptors (Lipinski definition) is 0. The van der Waals surface area contributed by atoms with Crippen LogP contribution in [0.5, 0.6) is 0 Å². The summed E-state index contributed by atoms with van der Waals surface area (Å²) in [5.41, 5.74) is 1.57. The lowest BCUT2D eigenvalue weighted by molar-refractivity contribution is 0.323. The zero-order chi connectivity index (χ0) is 10.4. The molecule has 14 heavy (non-hydrogen) atoms. The summed E-state index contributed by atoms with van der Waals surface area (Å²) in [5.74, 6) is 1.80. The highest BCUT2D eigenvalue weighted by Crippen LogP contribution is 2.33. The summed E-state index contributed by atoms with van der Waals surface area (Å²) < 4.78 is 0. The quantitative estimate of drug-likeness (QED) is 0.567. The van der Waals surface area contributed by atoms with E-state index < -0.39 is 0 Å². The van der Waals surface area contributed by atoms with Crippen LogP contribution < -0.4 is 0 Å². The van der Waals surface area contributed by atoms with Crippen molar-refractivity contribution >= 4 is 0 Å².